The molecular formula is C9H18. The monoisotopic (exact) mass is 126 g/mol. The molecule has 0 heterocycles. The molecule has 0 fully saturated rings. The zero-order valence-corrected chi connectivity index (χ0v) is 6.91. The van der Waals surface area contributed by atoms with Crippen molar-refractivity contribution in [3.8, 4) is 0 Å². The highest BCUT2D eigenvalue weighted by molar-refractivity contribution is 4.94. The molecule has 0 aromatic rings. The van der Waals surface area contributed by atoms with Crippen molar-refractivity contribution in [2.45, 2.75) is 40.0 Å². The van der Waals surface area contributed by atoms with E-state index in [1.807, 2.05) is 0 Å². The van der Waals surface area contributed by atoms with Crippen LogP contribution in [0.25, 0.3) is 0 Å². The first-order chi connectivity index (χ1) is 4.26. The van der Waals surface area contributed by atoms with Crippen LogP contribution in [0.4, 0.5) is 0 Å². The summed E-state index contributed by atoms with van der Waals surface area (Å²) in [6.07, 6.45) is 3.61. The van der Waals surface area contributed by atoms with Crippen molar-refractivity contribution in [1.82, 2.24) is 0 Å². The Balaban J connectivity index is 3.50. The number of hydrogen-bond donors (Lipinski definition) is 0. The van der Waals surface area contributed by atoms with Crippen molar-refractivity contribution in [1.29, 1.82) is 0 Å². The maximum Gasteiger partial charge on any atom is -0.0216 e. The molecule has 0 aliphatic heterocycles. The van der Waals surface area contributed by atoms with Crippen LogP contribution in [0.1, 0.15) is 40.0 Å². The molecule has 0 amide bonds. The Morgan fingerprint density at radius 3 is 1.78 bits per heavy atom. The van der Waals surface area contributed by atoms with Crippen molar-refractivity contribution in [2.75, 3.05) is 0 Å². The molecule has 0 heteroatoms. The number of hydrogen-bond acceptors (Lipinski definition) is 0. The highest BCUT2D eigenvalue weighted by atomic mass is 14.2. The first-order valence-corrected chi connectivity index (χ1v) is 3.93. The minimum Gasteiger partial charge on any atom is -0.0651 e. The quantitative estimate of drug-likeness (QED) is 0.542. The SMILES string of the molecule is [CH2]C(CC)[C](CC)CC. The topological polar surface area (TPSA) is 0 Å². The van der Waals surface area contributed by atoms with E-state index >= 15 is 0 Å². The molecule has 0 bridgehead atoms. The second-order valence-corrected chi connectivity index (χ2v) is 2.47. The maximum absolute atomic E-state index is 4.06. The maximum atomic E-state index is 4.06. The van der Waals surface area contributed by atoms with Crippen LogP contribution in [0.2, 0.25) is 0 Å². The molecule has 54 valence electrons. The molecule has 1 atom stereocenters. The Bertz CT molecular complexity index is 53.1. The van der Waals surface area contributed by atoms with Gasteiger partial charge in [-0.15, -0.1) is 0 Å². The zero-order chi connectivity index (χ0) is 7.28. The van der Waals surface area contributed by atoms with Crippen LogP contribution in [0.5, 0.6) is 0 Å². The summed E-state index contributed by atoms with van der Waals surface area (Å²) in [5.74, 6) is 2.21. The fourth-order valence-electron chi connectivity index (χ4n) is 1.12. The van der Waals surface area contributed by atoms with E-state index in [-0.39, 0.29) is 0 Å². The lowest BCUT2D eigenvalue weighted by Gasteiger charge is -2.17. The fraction of sp³-hybridized carbons (Fsp3) is 0.778. The summed E-state index contributed by atoms with van der Waals surface area (Å²) in [6, 6.07) is 0. The molecular weight excluding hydrogens is 108 g/mol. The van der Waals surface area contributed by atoms with Crippen molar-refractivity contribution in [2.24, 2.45) is 5.92 Å². The molecule has 1 unspecified atom stereocenters. The molecule has 0 N–H and O–H groups in total. The third-order valence-electron chi connectivity index (χ3n) is 1.98. The smallest absolute Gasteiger partial charge is 0.0216 e. The largest absolute Gasteiger partial charge is 0.0651 e. The molecule has 0 aliphatic rings. The van der Waals surface area contributed by atoms with E-state index in [4.69, 9.17) is 0 Å². The van der Waals surface area contributed by atoms with Crippen molar-refractivity contribution < 1.29 is 0 Å². The van der Waals surface area contributed by atoms with E-state index in [0.717, 1.165) is 0 Å². The first-order valence-electron chi connectivity index (χ1n) is 3.93. The van der Waals surface area contributed by atoms with Gasteiger partial charge >= 0.3 is 0 Å². The molecule has 0 aromatic carbocycles. The normalized spacial score (nSPS) is 14.3. The Kier molecular flexibility index (Phi) is 4.84. The molecule has 0 spiro atoms. The van der Waals surface area contributed by atoms with E-state index in [9.17, 15) is 0 Å². The van der Waals surface area contributed by atoms with Gasteiger partial charge in [0.25, 0.3) is 0 Å². The van der Waals surface area contributed by atoms with Gasteiger partial charge in [-0.3, -0.25) is 0 Å². The minimum absolute atomic E-state index is 0.597. The highest BCUT2D eigenvalue weighted by Gasteiger charge is 2.10. The van der Waals surface area contributed by atoms with Crippen LogP contribution in [-0.2, 0) is 0 Å². The van der Waals surface area contributed by atoms with Crippen LogP contribution in [0, 0.1) is 18.8 Å². The molecule has 0 rings (SSSR count). The Morgan fingerprint density at radius 1 is 1.22 bits per heavy atom. The van der Waals surface area contributed by atoms with E-state index in [1.165, 1.54) is 19.3 Å². The lowest BCUT2D eigenvalue weighted by Crippen LogP contribution is -2.05. The molecule has 0 saturated carbocycles. The van der Waals surface area contributed by atoms with Crippen LogP contribution in [-0.4, -0.2) is 0 Å². The van der Waals surface area contributed by atoms with Gasteiger partial charge in [0.2, 0.25) is 0 Å². The van der Waals surface area contributed by atoms with Crippen LogP contribution in [0.15, 0.2) is 0 Å². The van der Waals surface area contributed by atoms with Crippen LogP contribution < -0.4 is 0 Å². The van der Waals surface area contributed by atoms with Gasteiger partial charge in [0.1, 0.15) is 0 Å². The molecule has 0 nitrogen and oxygen atoms in total. The number of rotatable bonds is 4. The summed E-state index contributed by atoms with van der Waals surface area (Å²) in [7, 11) is 0. The third-order valence-corrected chi connectivity index (χ3v) is 1.98. The summed E-state index contributed by atoms with van der Waals surface area (Å²) in [6.45, 7) is 10.7. The predicted octanol–water partition coefficient (Wildman–Crippen LogP) is 3.24. The average Bonchev–Trinajstić information content (AvgIpc) is 1.90. The van der Waals surface area contributed by atoms with Gasteiger partial charge in [-0.05, 0) is 31.6 Å². The standard InChI is InChI=1S/C9H18/c1-5-8(4)9(6-2)7-3/h8H,4-7H2,1-3H3. The second kappa shape index (κ2) is 4.84. The molecule has 0 aliphatic carbocycles. The van der Waals surface area contributed by atoms with E-state index in [2.05, 4.69) is 27.7 Å². The molecule has 9 heavy (non-hydrogen) atoms. The molecule has 2 radical (unpaired) electrons. The van der Waals surface area contributed by atoms with Gasteiger partial charge in [0.05, 0.1) is 0 Å². The lowest BCUT2D eigenvalue weighted by atomic mass is 9.88. The average molecular weight is 126 g/mol. The van der Waals surface area contributed by atoms with Gasteiger partial charge < -0.3 is 0 Å². The summed E-state index contributed by atoms with van der Waals surface area (Å²) < 4.78 is 0. The second-order valence-electron chi connectivity index (χ2n) is 2.47. The zero-order valence-electron chi connectivity index (χ0n) is 6.91. The van der Waals surface area contributed by atoms with E-state index in [0.29, 0.717) is 5.92 Å². The van der Waals surface area contributed by atoms with Gasteiger partial charge in [0.15, 0.2) is 0 Å². The summed E-state index contributed by atoms with van der Waals surface area (Å²) >= 11 is 0. The van der Waals surface area contributed by atoms with Crippen LogP contribution in [0.3, 0.4) is 0 Å². The van der Waals surface area contributed by atoms with Crippen molar-refractivity contribution >= 4 is 0 Å². The van der Waals surface area contributed by atoms with E-state index < -0.39 is 0 Å². The van der Waals surface area contributed by atoms with Crippen molar-refractivity contribution in [3.63, 3.8) is 0 Å². The lowest BCUT2D eigenvalue weighted by molar-refractivity contribution is 0.568. The van der Waals surface area contributed by atoms with Crippen molar-refractivity contribution in [3.05, 3.63) is 12.8 Å². The van der Waals surface area contributed by atoms with E-state index in [1.54, 1.807) is 5.92 Å². The fourth-order valence-corrected chi connectivity index (χ4v) is 1.12. The van der Waals surface area contributed by atoms with Gasteiger partial charge in [-0.1, -0.05) is 27.2 Å². The molecule has 0 aromatic heterocycles. The first kappa shape index (κ1) is 9.00. The Labute approximate surface area is 59.7 Å². The Hall–Kier alpha value is 0. The summed E-state index contributed by atoms with van der Waals surface area (Å²) in [5.41, 5.74) is 0. The third kappa shape index (κ3) is 2.88. The highest BCUT2D eigenvalue weighted by Crippen LogP contribution is 2.23. The van der Waals surface area contributed by atoms with Gasteiger partial charge in [-0.2, -0.15) is 0 Å². The van der Waals surface area contributed by atoms with Crippen LogP contribution >= 0.6 is 0 Å². The van der Waals surface area contributed by atoms with Gasteiger partial charge in [0, 0.05) is 0 Å². The molecule has 0 saturated heterocycles. The van der Waals surface area contributed by atoms with Gasteiger partial charge in [-0.25, -0.2) is 0 Å². The summed E-state index contributed by atoms with van der Waals surface area (Å²) in [5, 5.41) is 0. The summed E-state index contributed by atoms with van der Waals surface area (Å²) in [4.78, 5) is 0. The minimum atomic E-state index is 0.597. The Morgan fingerprint density at radius 2 is 1.67 bits per heavy atom. The predicted molar refractivity (Wildman–Crippen MR) is 43.0 cm³/mol.